The molecule has 8 heteroatoms. The van der Waals surface area contributed by atoms with Crippen molar-refractivity contribution in [3.05, 3.63) is 36.0 Å². The summed E-state index contributed by atoms with van der Waals surface area (Å²) in [6.45, 7) is 5.29. The Morgan fingerprint density at radius 3 is 2.67 bits per heavy atom. The SMILES string of the molecule is CCC[C@@H]1CN(c2cc(C)nc(-c3ccccc3O)n2)C[C@H]1NS(C)(=O)=O. The molecule has 0 unspecified atom stereocenters. The van der Waals surface area contributed by atoms with E-state index < -0.39 is 10.0 Å². The number of anilines is 1. The van der Waals surface area contributed by atoms with Gasteiger partial charge in [0.2, 0.25) is 10.0 Å². The van der Waals surface area contributed by atoms with Crippen molar-refractivity contribution in [2.45, 2.75) is 32.7 Å². The van der Waals surface area contributed by atoms with E-state index in [0.29, 0.717) is 17.9 Å². The molecule has 27 heavy (non-hydrogen) atoms. The first-order chi connectivity index (χ1) is 12.8. The molecule has 146 valence electrons. The zero-order valence-electron chi connectivity index (χ0n) is 15.9. The molecule has 0 saturated carbocycles. The van der Waals surface area contributed by atoms with Gasteiger partial charge in [-0.25, -0.2) is 23.1 Å². The Bertz CT molecular complexity index is 917. The summed E-state index contributed by atoms with van der Waals surface area (Å²) in [4.78, 5) is 11.2. The molecule has 0 bridgehead atoms. The largest absolute Gasteiger partial charge is 0.507 e. The van der Waals surface area contributed by atoms with E-state index in [1.807, 2.05) is 19.1 Å². The van der Waals surface area contributed by atoms with Crippen molar-refractivity contribution in [1.82, 2.24) is 14.7 Å². The Kier molecular flexibility index (Phi) is 5.67. The van der Waals surface area contributed by atoms with Crippen LogP contribution in [0.4, 0.5) is 5.82 Å². The molecule has 0 aliphatic carbocycles. The van der Waals surface area contributed by atoms with Crippen molar-refractivity contribution < 1.29 is 13.5 Å². The number of para-hydroxylation sites is 1. The number of rotatable bonds is 6. The minimum absolute atomic E-state index is 0.135. The van der Waals surface area contributed by atoms with Crippen LogP contribution in [0, 0.1) is 12.8 Å². The minimum Gasteiger partial charge on any atom is -0.507 e. The predicted octanol–water partition coefficient (Wildman–Crippen LogP) is 2.31. The normalized spacial score (nSPS) is 20.2. The average molecular weight is 391 g/mol. The van der Waals surface area contributed by atoms with E-state index in [4.69, 9.17) is 0 Å². The Morgan fingerprint density at radius 1 is 1.26 bits per heavy atom. The lowest BCUT2D eigenvalue weighted by Crippen LogP contribution is -2.40. The number of aromatic hydroxyl groups is 1. The third kappa shape index (κ3) is 4.75. The minimum atomic E-state index is -3.27. The first kappa shape index (κ1) is 19.6. The van der Waals surface area contributed by atoms with Crippen molar-refractivity contribution in [1.29, 1.82) is 0 Å². The number of benzene rings is 1. The third-order valence-corrected chi connectivity index (χ3v) is 5.51. The standard InChI is InChI=1S/C19H26N4O3S/c1-4-7-14-11-23(12-16(14)22-27(3,25)26)18-10-13(2)20-19(21-18)15-8-5-6-9-17(15)24/h5-6,8-10,14,16,22,24H,4,7,11-12H2,1-3H3/t14-,16-/m1/s1. The number of aryl methyl sites for hydroxylation is 1. The zero-order chi connectivity index (χ0) is 19.6. The van der Waals surface area contributed by atoms with Gasteiger partial charge in [-0.05, 0) is 31.4 Å². The van der Waals surface area contributed by atoms with Crippen molar-refractivity contribution >= 4 is 15.8 Å². The van der Waals surface area contributed by atoms with Crippen LogP contribution >= 0.6 is 0 Å². The van der Waals surface area contributed by atoms with Gasteiger partial charge in [0.05, 0.1) is 11.8 Å². The first-order valence-corrected chi connectivity index (χ1v) is 11.0. The summed E-state index contributed by atoms with van der Waals surface area (Å²) in [5.74, 6) is 1.58. The summed E-state index contributed by atoms with van der Waals surface area (Å²) in [6.07, 6.45) is 3.14. The molecule has 2 atom stereocenters. The number of phenols is 1. The molecule has 2 N–H and O–H groups in total. The maximum absolute atomic E-state index is 11.7. The van der Waals surface area contributed by atoms with Crippen LogP contribution in [0.5, 0.6) is 5.75 Å². The van der Waals surface area contributed by atoms with Crippen molar-refractivity contribution in [2.75, 3.05) is 24.2 Å². The maximum Gasteiger partial charge on any atom is 0.209 e. The molecule has 3 rings (SSSR count). The molecule has 1 aromatic heterocycles. The average Bonchev–Trinajstić information content (AvgIpc) is 2.96. The lowest BCUT2D eigenvalue weighted by Gasteiger charge is -2.19. The number of hydrogen-bond donors (Lipinski definition) is 2. The van der Waals surface area contributed by atoms with E-state index in [2.05, 4.69) is 26.5 Å². The summed E-state index contributed by atoms with van der Waals surface area (Å²) < 4.78 is 26.2. The molecule has 2 heterocycles. The Balaban J connectivity index is 1.91. The van der Waals surface area contributed by atoms with Gasteiger partial charge in [0.15, 0.2) is 5.82 Å². The number of aromatic nitrogens is 2. The smallest absolute Gasteiger partial charge is 0.209 e. The van der Waals surface area contributed by atoms with Crippen molar-refractivity contribution in [3.63, 3.8) is 0 Å². The summed E-state index contributed by atoms with van der Waals surface area (Å²) in [5.41, 5.74) is 1.38. The Hall–Kier alpha value is -2.19. The summed E-state index contributed by atoms with van der Waals surface area (Å²) >= 11 is 0. The lowest BCUT2D eigenvalue weighted by molar-refractivity contribution is 0.442. The number of sulfonamides is 1. The molecule has 7 nitrogen and oxygen atoms in total. The summed E-state index contributed by atoms with van der Waals surface area (Å²) in [6, 6.07) is 8.75. The molecule has 0 amide bonds. The fraction of sp³-hybridized carbons (Fsp3) is 0.474. The molecule has 1 aliphatic heterocycles. The van der Waals surface area contributed by atoms with Crippen LogP contribution in [-0.2, 0) is 10.0 Å². The fourth-order valence-corrected chi connectivity index (χ4v) is 4.44. The second-order valence-electron chi connectivity index (χ2n) is 7.16. The van der Waals surface area contributed by atoms with Gasteiger partial charge < -0.3 is 10.0 Å². The van der Waals surface area contributed by atoms with Crippen LogP contribution in [0.2, 0.25) is 0 Å². The molecule has 0 spiro atoms. The van der Waals surface area contributed by atoms with Gasteiger partial charge in [0, 0.05) is 30.9 Å². The molecule has 1 saturated heterocycles. The van der Waals surface area contributed by atoms with E-state index in [1.165, 1.54) is 6.26 Å². The van der Waals surface area contributed by atoms with Crippen LogP contribution in [0.25, 0.3) is 11.4 Å². The highest BCUT2D eigenvalue weighted by atomic mass is 32.2. The molecule has 1 aromatic carbocycles. The van der Waals surface area contributed by atoms with Gasteiger partial charge in [-0.1, -0.05) is 25.5 Å². The van der Waals surface area contributed by atoms with Gasteiger partial charge in [0.25, 0.3) is 0 Å². The molecule has 1 aliphatic rings. The van der Waals surface area contributed by atoms with E-state index >= 15 is 0 Å². The number of nitrogens with zero attached hydrogens (tertiary/aromatic N) is 3. The molecular weight excluding hydrogens is 364 g/mol. The number of nitrogens with one attached hydrogen (secondary N) is 1. The molecule has 2 aromatic rings. The number of phenolic OH excluding ortho intramolecular Hbond substituents is 1. The zero-order valence-corrected chi connectivity index (χ0v) is 16.7. The van der Waals surface area contributed by atoms with E-state index in [-0.39, 0.29) is 17.7 Å². The van der Waals surface area contributed by atoms with E-state index in [0.717, 1.165) is 30.9 Å². The maximum atomic E-state index is 11.7. The van der Waals surface area contributed by atoms with Crippen LogP contribution in [0.3, 0.4) is 0 Å². The van der Waals surface area contributed by atoms with Crippen LogP contribution in [0.1, 0.15) is 25.5 Å². The second-order valence-corrected chi connectivity index (χ2v) is 8.94. The third-order valence-electron chi connectivity index (χ3n) is 4.78. The molecule has 0 radical (unpaired) electrons. The summed E-state index contributed by atoms with van der Waals surface area (Å²) in [5, 5.41) is 10.1. The predicted molar refractivity (Wildman–Crippen MR) is 106 cm³/mol. The number of hydrogen-bond acceptors (Lipinski definition) is 6. The Labute approximate surface area is 160 Å². The summed E-state index contributed by atoms with van der Waals surface area (Å²) in [7, 11) is -3.27. The van der Waals surface area contributed by atoms with Crippen LogP contribution < -0.4 is 9.62 Å². The van der Waals surface area contributed by atoms with E-state index in [1.54, 1.807) is 18.2 Å². The van der Waals surface area contributed by atoms with Crippen molar-refractivity contribution in [3.8, 4) is 17.1 Å². The highest BCUT2D eigenvalue weighted by molar-refractivity contribution is 7.88. The van der Waals surface area contributed by atoms with E-state index in [9.17, 15) is 13.5 Å². The van der Waals surface area contributed by atoms with Crippen molar-refractivity contribution in [2.24, 2.45) is 5.92 Å². The fourth-order valence-electron chi connectivity index (χ4n) is 3.63. The molecular formula is C19H26N4O3S. The topological polar surface area (TPSA) is 95.4 Å². The molecule has 1 fully saturated rings. The van der Waals surface area contributed by atoms with Crippen LogP contribution in [0.15, 0.2) is 30.3 Å². The van der Waals surface area contributed by atoms with Gasteiger partial charge in [0.1, 0.15) is 11.6 Å². The van der Waals surface area contributed by atoms with Crippen LogP contribution in [-0.4, -0.2) is 48.9 Å². The Morgan fingerprint density at radius 2 is 2.00 bits per heavy atom. The van der Waals surface area contributed by atoms with Gasteiger partial charge in [-0.2, -0.15) is 0 Å². The van der Waals surface area contributed by atoms with Gasteiger partial charge in [-0.15, -0.1) is 0 Å². The van der Waals surface area contributed by atoms with Gasteiger partial charge in [-0.3, -0.25) is 0 Å². The first-order valence-electron chi connectivity index (χ1n) is 9.13. The monoisotopic (exact) mass is 390 g/mol. The highest BCUT2D eigenvalue weighted by Crippen LogP contribution is 2.30. The lowest BCUT2D eigenvalue weighted by atomic mass is 9.99. The highest BCUT2D eigenvalue weighted by Gasteiger charge is 2.34. The quantitative estimate of drug-likeness (QED) is 0.786. The second kappa shape index (κ2) is 7.82. The van der Waals surface area contributed by atoms with Gasteiger partial charge >= 0.3 is 0 Å².